The molecule has 0 radical (unpaired) electrons. The number of furan rings is 1. The Balaban J connectivity index is 1.06. The fourth-order valence-electron chi connectivity index (χ4n) is 9.67. The summed E-state index contributed by atoms with van der Waals surface area (Å²) in [5, 5.41) is 12.3. The first kappa shape index (κ1) is 32.7. The molecule has 12 aromatic rings. The van der Waals surface area contributed by atoms with E-state index < -0.39 is 8.07 Å². The summed E-state index contributed by atoms with van der Waals surface area (Å²) >= 11 is 0. The van der Waals surface area contributed by atoms with E-state index in [1.807, 2.05) is 18.3 Å². The van der Waals surface area contributed by atoms with Crippen molar-refractivity contribution in [1.82, 2.24) is 14.1 Å². The third kappa shape index (κ3) is 4.65. The monoisotopic (exact) mass is 757 g/mol. The number of nitrogens with zero attached hydrogens (tertiary/aromatic N) is 3. The number of hydrogen-bond acceptors (Lipinski definition) is 2. The van der Waals surface area contributed by atoms with Crippen LogP contribution in [0.1, 0.15) is 0 Å². The molecule has 0 saturated carbocycles. The van der Waals surface area contributed by atoms with Crippen molar-refractivity contribution < 1.29 is 4.42 Å². The molecule has 0 N–H and O–H groups in total. The lowest BCUT2D eigenvalue weighted by atomic mass is 10.1. The molecule has 0 amide bonds. The lowest BCUT2D eigenvalue weighted by Crippen LogP contribution is -2.74. The summed E-state index contributed by atoms with van der Waals surface area (Å²) in [6, 6.07) is 75.3. The first-order valence-electron chi connectivity index (χ1n) is 19.8. The van der Waals surface area contributed by atoms with Gasteiger partial charge in [0.25, 0.3) is 0 Å². The van der Waals surface area contributed by atoms with E-state index in [1.165, 1.54) is 31.5 Å². The van der Waals surface area contributed by atoms with Crippen LogP contribution in [0.3, 0.4) is 0 Å². The zero-order valence-electron chi connectivity index (χ0n) is 31.5. The van der Waals surface area contributed by atoms with E-state index in [0.29, 0.717) is 0 Å². The van der Waals surface area contributed by atoms with Gasteiger partial charge in [0.05, 0.1) is 21.9 Å². The number of fused-ring (bicyclic) bond motifs is 10. The summed E-state index contributed by atoms with van der Waals surface area (Å²) in [6.07, 6.45) is 1.89. The van der Waals surface area contributed by atoms with E-state index in [2.05, 4.69) is 203 Å². The summed E-state index contributed by atoms with van der Waals surface area (Å²) in [5.41, 5.74) is 8.46. The van der Waals surface area contributed by atoms with Gasteiger partial charge >= 0.3 is 0 Å². The smallest absolute Gasteiger partial charge is 0.179 e. The van der Waals surface area contributed by atoms with Gasteiger partial charge in [-0.3, -0.25) is 4.57 Å². The quantitative estimate of drug-likeness (QED) is 0.125. The molecule has 0 fully saturated rings. The largest absolute Gasteiger partial charge is 0.455 e. The SMILES string of the molecule is c1ccc([Si](c2ccccc2)(c2ccc(-n3c4ccccc4c4c5oc6ccccc6c5ccc43)cc2)c2ccc(-n3c4ccccc4c4cccnc43)cc2)cc1. The Hall–Kier alpha value is -7.47. The van der Waals surface area contributed by atoms with Crippen molar-refractivity contribution in [3.8, 4) is 11.4 Å². The molecule has 0 aliphatic carbocycles. The maximum absolute atomic E-state index is 6.60. The molecule has 0 saturated heterocycles. The van der Waals surface area contributed by atoms with Crippen LogP contribution in [0.2, 0.25) is 0 Å². The molecule has 0 unspecified atom stereocenters. The Morgan fingerprint density at radius 1 is 0.362 bits per heavy atom. The first-order chi connectivity index (χ1) is 28.8. The minimum atomic E-state index is -2.83. The molecule has 58 heavy (non-hydrogen) atoms. The molecule has 0 aliphatic rings. The fraction of sp³-hybridized carbons (Fsp3) is 0. The van der Waals surface area contributed by atoms with Crippen LogP contribution in [-0.4, -0.2) is 22.2 Å². The van der Waals surface area contributed by atoms with Crippen molar-refractivity contribution in [3.05, 3.63) is 212 Å². The second-order valence-electron chi connectivity index (χ2n) is 15.1. The zero-order chi connectivity index (χ0) is 38.2. The topological polar surface area (TPSA) is 35.9 Å². The van der Waals surface area contributed by atoms with Gasteiger partial charge in [-0.05, 0) is 87.5 Å². The first-order valence-corrected chi connectivity index (χ1v) is 21.8. The molecule has 0 spiro atoms. The molecule has 4 heterocycles. The molecular weight excluding hydrogens is 723 g/mol. The summed E-state index contributed by atoms with van der Waals surface area (Å²) in [6.45, 7) is 0. The van der Waals surface area contributed by atoms with Gasteiger partial charge in [-0.25, -0.2) is 4.98 Å². The molecule has 272 valence electrons. The van der Waals surface area contributed by atoms with Crippen LogP contribution in [0, 0.1) is 0 Å². The van der Waals surface area contributed by atoms with E-state index in [1.54, 1.807) is 0 Å². The van der Waals surface area contributed by atoms with Gasteiger partial charge in [-0.15, -0.1) is 0 Å². The van der Waals surface area contributed by atoms with E-state index in [4.69, 9.17) is 9.40 Å². The van der Waals surface area contributed by atoms with Gasteiger partial charge in [0.1, 0.15) is 16.8 Å². The molecule has 5 heteroatoms. The van der Waals surface area contributed by atoms with Crippen molar-refractivity contribution in [3.63, 3.8) is 0 Å². The Morgan fingerprint density at radius 3 is 1.55 bits per heavy atom. The molecule has 4 nitrogen and oxygen atoms in total. The molecular formula is C53H35N3OSi. The van der Waals surface area contributed by atoms with E-state index in [0.717, 1.165) is 66.3 Å². The van der Waals surface area contributed by atoms with E-state index in [-0.39, 0.29) is 0 Å². The van der Waals surface area contributed by atoms with Crippen molar-refractivity contribution in [2.45, 2.75) is 0 Å². The van der Waals surface area contributed by atoms with Gasteiger partial charge < -0.3 is 8.98 Å². The summed E-state index contributed by atoms with van der Waals surface area (Å²) < 4.78 is 11.3. The van der Waals surface area contributed by atoms with Gasteiger partial charge in [-0.2, -0.15) is 0 Å². The second kappa shape index (κ2) is 12.8. The van der Waals surface area contributed by atoms with Crippen molar-refractivity contribution in [2.24, 2.45) is 0 Å². The molecule has 0 aliphatic heterocycles. The van der Waals surface area contributed by atoms with Gasteiger partial charge in [0, 0.05) is 44.5 Å². The average Bonchev–Trinajstić information content (AvgIpc) is 3.96. The molecule has 12 rings (SSSR count). The predicted molar refractivity (Wildman–Crippen MR) is 244 cm³/mol. The van der Waals surface area contributed by atoms with Gasteiger partial charge in [0.2, 0.25) is 0 Å². The second-order valence-corrected chi connectivity index (χ2v) is 18.9. The molecule has 0 atom stereocenters. The van der Waals surface area contributed by atoms with Crippen LogP contribution in [0.25, 0.3) is 77.1 Å². The molecule has 0 bridgehead atoms. The maximum atomic E-state index is 6.60. The molecule has 8 aromatic carbocycles. The highest BCUT2D eigenvalue weighted by atomic mass is 28.3. The highest BCUT2D eigenvalue weighted by Gasteiger charge is 2.41. The van der Waals surface area contributed by atoms with Crippen molar-refractivity contribution in [1.29, 1.82) is 0 Å². The van der Waals surface area contributed by atoms with Crippen LogP contribution >= 0.6 is 0 Å². The number of rotatable bonds is 6. The maximum Gasteiger partial charge on any atom is 0.179 e. The summed E-state index contributed by atoms with van der Waals surface area (Å²) in [4.78, 5) is 4.86. The summed E-state index contributed by atoms with van der Waals surface area (Å²) in [7, 11) is -2.83. The summed E-state index contributed by atoms with van der Waals surface area (Å²) in [5.74, 6) is 0. The number of para-hydroxylation sites is 3. The van der Waals surface area contributed by atoms with Gasteiger partial charge in [-0.1, -0.05) is 140 Å². The highest BCUT2D eigenvalue weighted by molar-refractivity contribution is 7.19. The number of benzene rings is 8. The van der Waals surface area contributed by atoms with Crippen molar-refractivity contribution >= 4 is 94.5 Å². The van der Waals surface area contributed by atoms with Crippen molar-refractivity contribution in [2.75, 3.05) is 0 Å². The molecule has 4 aromatic heterocycles. The normalized spacial score (nSPS) is 12.1. The van der Waals surface area contributed by atoms with Crippen LogP contribution in [0.4, 0.5) is 0 Å². The third-order valence-corrected chi connectivity index (χ3v) is 16.9. The number of pyridine rings is 1. The van der Waals surface area contributed by atoms with Crippen LogP contribution in [0.15, 0.2) is 217 Å². The van der Waals surface area contributed by atoms with Gasteiger partial charge in [0.15, 0.2) is 8.07 Å². The highest BCUT2D eigenvalue weighted by Crippen LogP contribution is 2.40. The Kier molecular flexibility index (Phi) is 7.21. The van der Waals surface area contributed by atoms with Crippen LogP contribution in [0.5, 0.6) is 0 Å². The van der Waals surface area contributed by atoms with E-state index >= 15 is 0 Å². The lowest BCUT2D eigenvalue weighted by molar-refractivity contribution is 0.673. The third-order valence-electron chi connectivity index (χ3n) is 12.1. The number of hydrogen-bond donors (Lipinski definition) is 0. The predicted octanol–water partition coefficient (Wildman–Crippen LogP) is 10.6. The minimum absolute atomic E-state index is 0.911. The van der Waals surface area contributed by atoms with E-state index in [9.17, 15) is 0 Å². The zero-order valence-corrected chi connectivity index (χ0v) is 32.5. The Bertz CT molecular complexity index is 3400. The fourth-order valence-corrected chi connectivity index (χ4v) is 14.4. The Labute approximate surface area is 335 Å². The van der Waals surface area contributed by atoms with Crippen LogP contribution < -0.4 is 20.7 Å². The lowest BCUT2D eigenvalue weighted by Gasteiger charge is -2.34. The van der Waals surface area contributed by atoms with Crippen LogP contribution in [-0.2, 0) is 0 Å². The Morgan fingerprint density at radius 2 is 0.879 bits per heavy atom. The standard InChI is InChI=1S/C53H35N3OSi/c1-3-14-38(15-4-1)58(39-16-5-2-6-17-39,41-31-27-37(28-32-41)56-47-22-10-7-18-42(47)45-21-13-35-54-53(45)56)40-29-25-36(26-30-40)55-48-23-11-8-20-46(48)51-49(55)34-33-44-43-19-9-12-24-50(43)57-52(44)51/h1-35H. The number of aromatic nitrogens is 3. The average molecular weight is 758 g/mol. The minimum Gasteiger partial charge on any atom is -0.455 e.